The number of benzene rings is 1. The summed E-state index contributed by atoms with van der Waals surface area (Å²) in [4.78, 5) is 14.5. The van der Waals surface area contributed by atoms with Crippen molar-refractivity contribution in [3.05, 3.63) is 35.4 Å². The van der Waals surface area contributed by atoms with Crippen molar-refractivity contribution in [2.24, 2.45) is 5.92 Å². The Labute approximate surface area is 109 Å². The summed E-state index contributed by atoms with van der Waals surface area (Å²) in [5.74, 6) is 0.567. The summed E-state index contributed by atoms with van der Waals surface area (Å²) >= 11 is 0. The third kappa shape index (κ3) is 3.10. The molecule has 0 spiro atoms. The van der Waals surface area contributed by atoms with Crippen molar-refractivity contribution in [1.29, 1.82) is 0 Å². The molecule has 0 radical (unpaired) electrons. The Kier molecular flexibility index (Phi) is 4.02. The number of carbonyl (C=O) groups is 1. The van der Waals surface area contributed by atoms with Gasteiger partial charge in [-0.25, -0.2) is 0 Å². The molecule has 1 aliphatic rings. The summed E-state index contributed by atoms with van der Waals surface area (Å²) in [7, 11) is 2.13. The summed E-state index contributed by atoms with van der Waals surface area (Å²) in [5.41, 5.74) is 1.89. The second kappa shape index (κ2) is 5.53. The van der Waals surface area contributed by atoms with E-state index >= 15 is 0 Å². The van der Waals surface area contributed by atoms with Gasteiger partial charge in [0, 0.05) is 18.2 Å². The maximum Gasteiger partial charge on any atom is 0.251 e. The van der Waals surface area contributed by atoms with E-state index in [-0.39, 0.29) is 5.91 Å². The first-order chi connectivity index (χ1) is 8.56. The smallest absolute Gasteiger partial charge is 0.251 e. The SMILES string of the molecule is Cc1cccc(C(=O)N[C@@H]2CCN(C)C[C@@H]2C)c1. The zero-order chi connectivity index (χ0) is 13.1. The zero-order valence-electron chi connectivity index (χ0n) is 11.4. The highest BCUT2D eigenvalue weighted by molar-refractivity contribution is 5.94. The minimum absolute atomic E-state index is 0.0557. The third-order valence-corrected chi connectivity index (χ3v) is 3.71. The van der Waals surface area contributed by atoms with Crippen molar-refractivity contribution in [3.8, 4) is 0 Å². The van der Waals surface area contributed by atoms with Crippen LogP contribution in [0.5, 0.6) is 0 Å². The van der Waals surface area contributed by atoms with Gasteiger partial charge in [0.15, 0.2) is 0 Å². The largest absolute Gasteiger partial charge is 0.349 e. The molecule has 0 unspecified atom stereocenters. The van der Waals surface area contributed by atoms with Crippen LogP contribution >= 0.6 is 0 Å². The quantitative estimate of drug-likeness (QED) is 0.866. The fourth-order valence-electron chi connectivity index (χ4n) is 2.61. The van der Waals surface area contributed by atoms with Gasteiger partial charge in [0.1, 0.15) is 0 Å². The molecule has 1 heterocycles. The molecule has 2 atom stereocenters. The number of carbonyl (C=O) groups excluding carboxylic acids is 1. The lowest BCUT2D eigenvalue weighted by Gasteiger charge is -2.35. The molecular formula is C15H22N2O. The molecule has 0 aliphatic carbocycles. The van der Waals surface area contributed by atoms with Gasteiger partial charge in [0.05, 0.1) is 0 Å². The number of nitrogens with zero attached hydrogens (tertiary/aromatic N) is 1. The Hall–Kier alpha value is -1.35. The molecule has 18 heavy (non-hydrogen) atoms. The summed E-state index contributed by atoms with van der Waals surface area (Å²) in [6.07, 6.45) is 1.04. The Balaban J connectivity index is 1.99. The summed E-state index contributed by atoms with van der Waals surface area (Å²) < 4.78 is 0. The molecule has 1 N–H and O–H groups in total. The molecular weight excluding hydrogens is 224 g/mol. The van der Waals surface area contributed by atoms with Crippen molar-refractivity contribution in [2.45, 2.75) is 26.3 Å². The second-order valence-corrected chi connectivity index (χ2v) is 5.48. The molecule has 0 aromatic heterocycles. The lowest BCUT2D eigenvalue weighted by molar-refractivity contribution is 0.0884. The minimum Gasteiger partial charge on any atom is -0.349 e. The number of hydrogen-bond donors (Lipinski definition) is 1. The van der Waals surface area contributed by atoms with Crippen LogP contribution in [0.2, 0.25) is 0 Å². The van der Waals surface area contributed by atoms with Crippen LogP contribution < -0.4 is 5.32 Å². The number of amides is 1. The predicted octanol–water partition coefficient (Wildman–Crippen LogP) is 2.07. The molecule has 1 fully saturated rings. The van der Waals surface area contributed by atoms with Crippen molar-refractivity contribution in [1.82, 2.24) is 10.2 Å². The van der Waals surface area contributed by atoms with E-state index in [2.05, 4.69) is 24.2 Å². The highest BCUT2D eigenvalue weighted by atomic mass is 16.1. The molecule has 1 aromatic carbocycles. The Morgan fingerprint density at radius 3 is 2.89 bits per heavy atom. The van der Waals surface area contributed by atoms with Crippen molar-refractivity contribution >= 4 is 5.91 Å². The van der Waals surface area contributed by atoms with Crippen LogP contribution in [0.25, 0.3) is 0 Å². The van der Waals surface area contributed by atoms with Crippen LogP contribution in [-0.4, -0.2) is 37.0 Å². The monoisotopic (exact) mass is 246 g/mol. The van der Waals surface area contributed by atoms with Gasteiger partial charge in [-0.1, -0.05) is 24.6 Å². The number of aryl methyl sites for hydroxylation is 1. The summed E-state index contributed by atoms with van der Waals surface area (Å²) in [6, 6.07) is 8.06. The van der Waals surface area contributed by atoms with Crippen molar-refractivity contribution < 1.29 is 4.79 Å². The van der Waals surface area contributed by atoms with Crippen LogP contribution in [0.3, 0.4) is 0 Å². The number of piperidine rings is 1. The maximum atomic E-state index is 12.2. The van der Waals surface area contributed by atoms with Gasteiger partial charge >= 0.3 is 0 Å². The molecule has 2 rings (SSSR count). The number of likely N-dealkylation sites (tertiary alicyclic amines) is 1. The van der Waals surface area contributed by atoms with Gasteiger partial charge in [-0.15, -0.1) is 0 Å². The zero-order valence-corrected chi connectivity index (χ0v) is 11.4. The number of rotatable bonds is 2. The minimum atomic E-state index is 0.0557. The topological polar surface area (TPSA) is 32.3 Å². The van der Waals surface area contributed by atoms with Gasteiger partial charge in [-0.2, -0.15) is 0 Å². The van der Waals surface area contributed by atoms with Gasteiger partial charge in [-0.3, -0.25) is 4.79 Å². The van der Waals surface area contributed by atoms with E-state index in [1.165, 1.54) is 0 Å². The van der Waals surface area contributed by atoms with E-state index < -0.39 is 0 Å². The van der Waals surface area contributed by atoms with Gasteiger partial charge in [0.25, 0.3) is 5.91 Å². The highest BCUT2D eigenvalue weighted by Gasteiger charge is 2.25. The predicted molar refractivity (Wildman–Crippen MR) is 73.7 cm³/mol. The Bertz CT molecular complexity index is 430. The molecule has 3 nitrogen and oxygen atoms in total. The van der Waals surface area contributed by atoms with E-state index in [0.717, 1.165) is 30.6 Å². The third-order valence-electron chi connectivity index (χ3n) is 3.71. The molecule has 0 saturated carbocycles. The molecule has 3 heteroatoms. The molecule has 1 saturated heterocycles. The van der Waals surface area contributed by atoms with Gasteiger partial charge in [0.2, 0.25) is 0 Å². The van der Waals surface area contributed by atoms with Crippen LogP contribution in [0, 0.1) is 12.8 Å². The fourth-order valence-corrected chi connectivity index (χ4v) is 2.61. The number of hydrogen-bond acceptors (Lipinski definition) is 2. The molecule has 1 aliphatic heterocycles. The van der Waals surface area contributed by atoms with E-state index in [1.807, 2.05) is 31.2 Å². The average molecular weight is 246 g/mol. The van der Waals surface area contributed by atoms with Crippen LogP contribution in [0.4, 0.5) is 0 Å². The van der Waals surface area contributed by atoms with Crippen molar-refractivity contribution in [2.75, 3.05) is 20.1 Å². The molecule has 1 amide bonds. The molecule has 1 aromatic rings. The van der Waals surface area contributed by atoms with Gasteiger partial charge in [-0.05, 0) is 45.0 Å². The van der Waals surface area contributed by atoms with Crippen LogP contribution in [-0.2, 0) is 0 Å². The van der Waals surface area contributed by atoms with E-state index in [0.29, 0.717) is 12.0 Å². The van der Waals surface area contributed by atoms with E-state index in [4.69, 9.17) is 0 Å². The summed E-state index contributed by atoms with van der Waals surface area (Å²) in [6.45, 7) is 6.33. The first-order valence-corrected chi connectivity index (χ1v) is 6.62. The van der Waals surface area contributed by atoms with E-state index in [1.54, 1.807) is 0 Å². The van der Waals surface area contributed by atoms with Gasteiger partial charge < -0.3 is 10.2 Å². The van der Waals surface area contributed by atoms with E-state index in [9.17, 15) is 4.79 Å². The molecule has 0 bridgehead atoms. The lowest BCUT2D eigenvalue weighted by atomic mass is 9.94. The highest BCUT2D eigenvalue weighted by Crippen LogP contribution is 2.16. The maximum absolute atomic E-state index is 12.2. The average Bonchev–Trinajstić information content (AvgIpc) is 2.32. The standard InChI is InChI=1S/C15H22N2O/c1-11-5-4-6-13(9-11)15(18)16-14-7-8-17(3)10-12(14)2/h4-6,9,12,14H,7-8,10H2,1-3H3,(H,16,18)/t12-,14+/m0/s1. The first kappa shape index (κ1) is 13.1. The second-order valence-electron chi connectivity index (χ2n) is 5.48. The lowest BCUT2D eigenvalue weighted by Crippen LogP contribution is -2.48. The first-order valence-electron chi connectivity index (χ1n) is 6.62. The summed E-state index contributed by atoms with van der Waals surface area (Å²) in [5, 5.41) is 3.17. The molecule has 98 valence electrons. The Morgan fingerprint density at radius 1 is 1.44 bits per heavy atom. The van der Waals surface area contributed by atoms with Crippen LogP contribution in [0.15, 0.2) is 24.3 Å². The van der Waals surface area contributed by atoms with Crippen LogP contribution in [0.1, 0.15) is 29.3 Å². The number of nitrogens with one attached hydrogen (secondary N) is 1. The van der Waals surface area contributed by atoms with Crippen molar-refractivity contribution in [3.63, 3.8) is 0 Å². The normalized spacial score (nSPS) is 24.8. The Morgan fingerprint density at radius 2 is 2.22 bits per heavy atom. The fraction of sp³-hybridized carbons (Fsp3) is 0.533.